The molecule has 0 fully saturated rings. The summed E-state index contributed by atoms with van der Waals surface area (Å²) in [6.07, 6.45) is 0. The van der Waals surface area contributed by atoms with Crippen LogP contribution in [-0.2, 0) is 0 Å². The highest BCUT2D eigenvalue weighted by Crippen LogP contribution is 2.40. The standard InChI is InChI=1S/C13H12S3/c1-7(2)11-6-8-5-10(14)9-3-4-15-13(9)12(8)16-11/h3-7,14H,1-2H3. The molecule has 3 rings (SSSR count). The fourth-order valence-electron chi connectivity index (χ4n) is 1.91. The van der Waals surface area contributed by atoms with Gasteiger partial charge in [0.15, 0.2) is 0 Å². The summed E-state index contributed by atoms with van der Waals surface area (Å²) in [5.74, 6) is 0.607. The first-order valence-electron chi connectivity index (χ1n) is 5.29. The van der Waals surface area contributed by atoms with Gasteiger partial charge in [0.2, 0.25) is 0 Å². The zero-order chi connectivity index (χ0) is 11.3. The van der Waals surface area contributed by atoms with Gasteiger partial charge in [-0.2, -0.15) is 0 Å². The Morgan fingerprint density at radius 3 is 2.75 bits per heavy atom. The smallest absolute Gasteiger partial charge is 0.0532 e. The maximum Gasteiger partial charge on any atom is 0.0532 e. The van der Waals surface area contributed by atoms with E-state index < -0.39 is 0 Å². The van der Waals surface area contributed by atoms with E-state index >= 15 is 0 Å². The Kier molecular flexibility index (Phi) is 2.50. The fraction of sp³-hybridized carbons (Fsp3) is 0.231. The van der Waals surface area contributed by atoms with Crippen LogP contribution in [0.5, 0.6) is 0 Å². The van der Waals surface area contributed by atoms with Crippen LogP contribution in [0.4, 0.5) is 0 Å². The largest absolute Gasteiger partial charge is 0.143 e. The second-order valence-corrected chi connectivity index (χ2v) is 6.76. The van der Waals surface area contributed by atoms with Crippen molar-refractivity contribution in [2.45, 2.75) is 24.7 Å². The summed E-state index contributed by atoms with van der Waals surface area (Å²) in [6, 6.07) is 6.66. The summed E-state index contributed by atoms with van der Waals surface area (Å²) in [6.45, 7) is 4.50. The first-order valence-corrected chi connectivity index (χ1v) is 7.44. The van der Waals surface area contributed by atoms with Crippen molar-refractivity contribution in [1.29, 1.82) is 0 Å². The number of benzene rings is 1. The highest BCUT2D eigenvalue weighted by atomic mass is 32.1. The molecule has 82 valence electrons. The van der Waals surface area contributed by atoms with Crippen LogP contribution in [0.1, 0.15) is 24.6 Å². The van der Waals surface area contributed by atoms with Gasteiger partial charge in [0.25, 0.3) is 0 Å². The maximum atomic E-state index is 4.56. The Morgan fingerprint density at radius 1 is 1.19 bits per heavy atom. The lowest BCUT2D eigenvalue weighted by Gasteiger charge is -1.96. The SMILES string of the molecule is CC(C)c1cc2cc(S)c3ccsc3c2s1. The summed E-state index contributed by atoms with van der Waals surface area (Å²) in [5, 5.41) is 4.78. The lowest BCUT2D eigenvalue weighted by molar-refractivity contribution is 0.890. The predicted molar refractivity (Wildman–Crippen MR) is 78.5 cm³/mol. The summed E-state index contributed by atoms with van der Waals surface area (Å²) in [4.78, 5) is 2.56. The Labute approximate surface area is 108 Å². The third kappa shape index (κ3) is 1.50. The molecule has 16 heavy (non-hydrogen) atoms. The molecule has 2 heterocycles. The minimum absolute atomic E-state index is 0.607. The molecule has 0 amide bonds. The van der Waals surface area contributed by atoms with Gasteiger partial charge in [0, 0.05) is 15.2 Å². The molecule has 1 aromatic carbocycles. The van der Waals surface area contributed by atoms with E-state index in [1.54, 1.807) is 0 Å². The van der Waals surface area contributed by atoms with E-state index in [-0.39, 0.29) is 0 Å². The zero-order valence-corrected chi connectivity index (χ0v) is 11.7. The number of thiophene rings is 2. The molecule has 0 spiro atoms. The molecule has 0 atom stereocenters. The molecule has 0 N–H and O–H groups in total. The van der Waals surface area contributed by atoms with Crippen LogP contribution < -0.4 is 0 Å². The van der Waals surface area contributed by atoms with Crippen LogP contribution >= 0.6 is 35.3 Å². The Morgan fingerprint density at radius 2 is 2.00 bits per heavy atom. The normalized spacial score (nSPS) is 12.0. The first-order chi connectivity index (χ1) is 7.66. The average Bonchev–Trinajstić information content (AvgIpc) is 2.80. The second-order valence-electron chi connectivity index (χ2n) is 4.28. The third-order valence-corrected chi connectivity index (χ3v) is 5.69. The number of hydrogen-bond acceptors (Lipinski definition) is 3. The van der Waals surface area contributed by atoms with Crippen LogP contribution in [0.25, 0.3) is 20.2 Å². The van der Waals surface area contributed by atoms with Crippen molar-refractivity contribution < 1.29 is 0 Å². The molecular formula is C13H12S3. The monoisotopic (exact) mass is 264 g/mol. The maximum absolute atomic E-state index is 4.56. The van der Waals surface area contributed by atoms with Gasteiger partial charge in [0.05, 0.1) is 9.40 Å². The lowest BCUT2D eigenvalue weighted by atomic mass is 10.1. The van der Waals surface area contributed by atoms with Crippen molar-refractivity contribution in [3.05, 3.63) is 28.5 Å². The van der Waals surface area contributed by atoms with E-state index in [4.69, 9.17) is 0 Å². The van der Waals surface area contributed by atoms with Crippen molar-refractivity contribution in [2.75, 3.05) is 0 Å². The second kappa shape index (κ2) is 3.76. The summed E-state index contributed by atoms with van der Waals surface area (Å²) >= 11 is 8.31. The van der Waals surface area contributed by atoms with Crippen molar-refractivity contribution >= 4 is 55.5 Å². The van der Waals surface area contributed by atoms with Crippen LogP contribution in [-0.4, -0.2) is 0 Å². The van der Waals surface area contributed by atoms with E-state index in [0.717, 1.165) is 4.90 Å². The minimum atomic E-state index is 0.607. The number of rotatable bonds is 1. The molecule has 0 saturated carbocycles. The quantitative estimate of drug-likeness (QED) is 0.549. The lowest BCUT2D eigenvalue weighted by Crippen LogP contribution is -1.77. The van der Waals surface area contributed by atoms with Gasteiger partial charge in [0.1, 0.15) is 0 Å². The van der Waals surface area contributed by atoms with Crippen LogP contribution in [0.2, 0.25) is 0 Å². The third-order valence-electron chi connectivity index (χ3n) is 2.79. The molecule has 0 aliphatic rings. The molecule has 3 aromatic rings. The number of hydrogen-bond donors (Lipinski definition) is 1. The van der Waals surface area contributed by atoms with Crippen LogP contribution in [0, 0.1) is 0 Å². The molecule has 0 aliphatic carbocycles. The summed E-state index contributed by atoms with van der Waals surface area (Å²) < 4.78 is 2.81. The van der Waals surface area contributed by atoms with Crippen molar-refractivity contribution in [2.24, 2.45) is 0 Å². The Balaban J connectivity index is 2.45. The molecule has 0 radical (unpaired) electrons. The van der Waals surface area contributed by atoms with Gasteiger partial charge in [-0.25, -0.2) is 0 Å². The van der Waals surface area contributed by atoms with Crippen molar-refractivity contribution in [1.82, 2.24) is 0 Å². The molecule has 0 bridgehead atoms. The van der Waals surface area contributed by atoms with Crippen molar-refractivity contribution in [3.8, 4) is 0 Å². The van der Waals surface area contributed by atoms with Gasteiger partial charge in [-0.05, 0) is 34.9 Å². The van der Waals surface area contributed by atoms with E-state index in [1.165, 1.54) is 25.0 Å². The van der Waals surface area contributed by atoms with Crippen LogP contribution in [0.15, 0.2) is 28.5 Å². The van der Waals surface area contributed by atoms with Gasteiger partial charge in [-0.1, -0.05) is 13.8 Å². The number of fused-ring (bicyclic) bond motifs is 3. The number of thiol groups is 1. The van der Waals surface area contributed by atoms with Gasteiger partial charge in [-0.3, -0.25) is 0 Å². The van der Waals surface area contributed by atoms with Gasteiger partial charge >= 0.3 is 0 Å². The highest BCUT2D eigenvalue weighted by Gasteiger charge is 2.11. The predicted octanol–water partition coefficient (Wildman–Crippen LogP) is 5.53. The summed E-state index contributed by atoms with van der Waals surface area (Å²) in [7, 11) is 0. The van der Waals surface area contributed by atoms with E-state index in [1.807, 2.05) is 22.7 Å². The molecule has 0 nitrogen and oxygen atoms in total. The van der Waals surface area contributed by atoms with Gasteiger partial charge in [-0.15, -0.1) is 35.3 Å². The van der Waals surface area contributed by atoms with Gasteiger partial charge < -0.3 is 0 Å². The first kappa shape index (κ1) is 10.6. The fourth-order valence-corrected chi connectivity index (χ4v) is 4.54. The topological polar surface area (TPSA) is 0 Å². The molecule has 3 heteroatoms. The van der Waals surface area contributed by atoms with Crippen molar-refractivity contribution in [3.63, 3.8) is 0 Å². The van der Waals surface area contributed by atoms with Crippen LogP contribution in [0.3, 0.4) is 0 Å². The molecular weight excluding hydrogens is 252 g/mol. The molecule has 0 unspecified atom stereocenters. The van der Waals surface area contributed by atoms with E-state index in [9.17, 15) is 0 Å². The highest BCUT2D eigenvalue weighted by molar-refractivity contribution is 7.80. The average molecular weight is 264 g/mol. The molecule has 0 aliphatic heterocycles. The summed E-state index contributed by atoms with van der Waals surface area (Å²) in [5.41, 5.74) is 0. The zero-order valence-electron chi connectivity index (χ0n) is 9.15. The minimum Gasteiger partial charge on any atom is -0.143 e. The van der Waals surface area contributed by atoms with E-state index in [0.29, 0.717) is 5.92 Å². The Hall–Kier alpha value is -0.510. The molecule has 2 aromatic heterocycles. The van der Waals surface area contributed by atoms with E-state index in [2.05, 4.69) is 50.1 Å². The molecule has 0 saturated heterocycles. The Bertz CT molecular complexity index is 658.